The monoisotopic (exact) mass is 190 g/mol. The molecule has 1 rings (SSSR count). The lowest BCUT2D eigenvalue weighted by Gasteiger charge is -2.01. The van der Waals surface area contributed by atoms with E-state index in [1.54, 1.807) is 14.0 Å². The molecule has 0 N–H and O–H groups in total. The van der Waals surface area contributed by atoms with Crippen LogP contribution in [-0.4, -0.2) is 19.5 Å². The van der Waals surface area contributed by atoms with Crippen LogP contribution in [-0.2, 0) is 9.53 Å². The average molecular weight is 190 g/mol. The van der Waals surface area contributed by atoms with Crippen LogP contribution in [0.1, 0.15) is 12.5 Å². The second-order valence-corrected chi connectivity index (χ2v) is 3.07. The quantitative estimate of drug-likeness (QED) is 0.681. The molecule has 0 bridgehead atoms. The molecule has 0 amide bonds. The predicted octanol–water partition coefficient (Wildman–Crippen LogP) is 2.31. The highest BCUT2D eigenvalue weighted by Crippen LogP contribution is 2.07. The summed E-state index contributed by atoms with van der Waals surface area (Å²) >= 11 is 0. The fraction of sp³-hybridized carbons (Fsp3) is 0.250. The van der Waals surface area contributed by atoms with Gasteiger partial charge in [-0.2, -0.15) is 0 Å². The molecular weight excluding hydrogens is 176 g/mol. The number of ketones is 1. The molecule has 0 unspecified atom stereocenters. The van der Waals surface area contributed by atoms with Crippen molar-refractivity contribution in [2.24, 2.45) is 0 Å². The van der Waals surface area contributed by atoms with E-state index in [2.05, 4.69) is 0 Å². The number of hydrogen-bond acceptors (Lipinski definition) is 2. The zero-order chi connectivity index (χ0) is 10.4. The summed E-state index contributed by atoms with van der Waals surface area (Å²) in [6, 6.07) is 9.74. The molecule has 0 aromatic heterocycles. The number of benzene rings is 1. The van der Waals surface area contributed by atoms with Gasteiger partial charge in [0.25, 0.3) is 0 Å². The van der Waals surface area contributed by atoms with E-state index in [0.29, 0.717) is 12.2 Å². The van der Waals surface area contributed by atoms with E-state index >= 15 is 0 Å². The zero-order valence-electron chi connectivity index (χ0n) is 8.49. The van der Waals surface area contributed by atoms with Crippen LogP contribution in [0.25, 0.3) is 6.08 Å². The molecule has 1 aromatic carbocycles. The van der Waals surface area contributed by atoms with Crippen molar-refractivity contribution in [3.63, 3.8) is 0 Å². The maximum Gasteiger partial charge on any atom is 0.158 e. The molecule has 0 spiro atoms. The first-order valence-electron chi connectivity index (χ1n) is 4.49. The van der Waals surface area contributed by atoms with Gasteiger partial charge in [0.15, 0.2) is 5.78 Å². The van der Waals surface area contributed by atoms with E-state index in [9.17, 15) is 4.79 Å². The third-order valence-electron chi connectivity index (χ3n) is 1.89. The van der Waals surface area contributed by atoms with Gasteiger partial charge in [-0.25, -0.2) is 0 Å². The molecule has 0 atom stereocenters. The van der Waals surface area contributed by atoms with Crippen LogP contribution < -0.4 is 0 Å². The van der Waals surface area contributed by atoms with Crippen molar-refractivity contribution >= 4 is 11.9 Å². The molecule has 2 heteroatoms. The maximum absolute atomic E-state index is 11.2. The summed E-state index contributed by atoms with van der Waals surface area (Å²) in [5.41, 5.74) is 1.72. The fourth-order valence-corrected chi connectivity index (χ4v) is 1.15. The van der Waals surface area contributed by atoms with Crippen LogP contribution >= 0.6 is 0 Å². The topological polar surface area (TPSA) is 26.3 Å². The molecule has 0 heterocycles. The molecule has 0 fully saturated rings. The van der Waals surface area contributed by atoms with Gasteiger partial charge >= 0.3 is 0 Å². The second kappa shape index (κ2) is 5.35. The number of ether oxygens (including phenoxy) is 1. The number of rotatable bonds is 4. The number of hydrogen-bond donors (Lipinski definition) is 0. The van der Waals surface area contributed by atoms with Crippen molar-refractivity contribution < 1.29 is 9.53 Å². The van der Waals surface area contributed by atoms with Gasteiger partial charge in [0, 0.05) is 12.7 Å². The Kier molecular flexibility index (Phi) is 4.08. The molecule has 0 aliphatic rings. The molecule has 1 aromatic rings. The van der Waals surface area contributed by atoms with Crippen molar-refractivity contribution in [2.45, 2.75) is 6.92 Å². The lowest BCUT2D eigenvalue weighted by Crippen LogP contribution is -2.03. The van der Waals surface area contributed by atoms with Crippen molar-refractivity contribution in [1.29, 1.82) is 0 Å². The van der Waals surface area contributed by atoms with E-state index in [4.69, 9.17) is 4.74 Å². The Morgan fingerprint density at radius 3 is 2.50 bits per heavy atom. The van der Waals surface area contributed by atoms with Crippen LogP contribution in [0.3, 0.4) is 0 Å². The van der Waals surface area contributed by atoms with E-state index < -0.39 is 0 Å². The third kappa shape index (κ3) is 3.15. The van der Waals surface area contributed by atoms with Crippen molar-refractivity contribution in [1.82, 2.24) is 0 Å². The molecule has 14 heavy (non-hydrogen) atoms. The zero-order valence-corrected chi connectivity index (χ0v) is 8.49. The first-order chi connectivity index (χ1) is 6.74. The van der Waals surface area contributed by atoms with Gasteiger partial charge in [0.1, 0.15) is 0 Å². The Balaban J connectivity index is 2.88. The highest BCUT2D eigenvalue weighted by Gasteiger charge is 2.02. The number of Topliss-reactive ketones (excluding diaryl/α,β-unsaturated/α-hetero) is 1. The molecule has 2 nitrogen and oxygen atoms in total. The summed E-state index contributed by atoms with van der Waals surface area (Å²) in [5.74, 6) is 0.0516. The van der Waals surface area contributed by atoms with Crippen LogP contribution in [0.4, 0.5) is 0 Å². The summed E-state index contributed by atoms with van der Waals surface area (Å²) in [5, 5.41) is 0. The normalized spacial score (nSPS) is 11.4. The Labute approximate surface area is 84.2 Å². The molecule has 0 saturated carbocycles. The summed E-state index contributed by atoms with van der Waals surface area (Å²) in [4.78, 5) is 11.2. The highest BCUT2D eigenvalue weighted by molar-refractivity contribution is 5.97. The Morgan fingerprint density at radius 1 is 1.36 bits per heavy atom. The SMILES string of the molecule is COC/C(=C\c1ccccc1)C(C)=O. The molecule has 0 aliphatic heterocycles. The molecule has 0 saturated heterocycles. The third-order valence-corrected chi connectivity index (χ3v) is 1.89. The maximum atomic E-state index is 11.2. The highest BCUT2D eigenvalue weighted by atomic mass is 16.5. The van der Waals surface area contributed by atoms with E-state index in [1.165, 1.54) is 0 Å². The molecule has 0 aliphatic carbocycles. The minimum atomic E-state index is 0.0516. The molecule has 74 valence electrons. The largest absolute Gasteiger partial charge is 0.380 e. The van der Waals surface area contributed by atoms with Gasteiger partial charge < -0.3 is 4.74 Å². The Bertz CT molecular complexity index is 325. The van der Waals surface area contributed by atoms with Gasteiger partial charge in [-0.15, -0.1) is 0 Å². The van der Waals surface area contributed by atoms with E-state index in [1.807, 2.05) is 36.4 Å². The van der Waals surface area contributed by atoms with Gasteiger partial charge in [0.2, 0.25) is 0 Å². The minimum absolute atomic E-state index is 0.0516. The van der Waals surface area contributed by atoms with Crippen molar-refractivity contribution in [2.75, 3.05) is 13.7 Å². The van der Waals surface area contributed by atoms with Gasteiger partial charge in [-0.1, -0.05) is 30.3 Å². The van der Waals surface area contributed by atoms with E-state index in [-0.39, 0.29) is 5.78 Å². The number of methoxy groups -OCH3 is 1. The van der Waals surface area contributed by atoms with Gasteiger partial charge in [-0.3, -0.25) is 4.79 Å². The number of carbonyl (C=O) groups excluding carboxylic acids is 1. The summed E-state index contributed by atoms with van der Waals surface area (Å²) in [6.07, 6.45) is 1.85. The molecular formula is C12H14O2. The van der Waals surface area contributed by atoms with Crippen LogP contribution in [0.15, 0.2) is 35.9 Å². The van der Waals surface area contributed by atoms with Crippen LogP contribution in [0.2, 0.25) is 0 Å². The van der Waals surface area contributed by atoms with Crippen LogP contribution in [0, 0.1) is 0 Å². The second-order valence-electron chi connectivity index (χ2n) is 3.07. The lowest BCUT2D eigenvalue weighted by molar-refractivity contribution is -0.114. The fourth-order valence-electron chi connectivity index (χ4n) is 1.15. The number of carbonyl (C=O) groups is 1. The van der Waals surface area contributed by atoms with Gasteiger partial charge in [0.05, 0.1) is 6.61 Å². The Morgan fingerprint density at radius 2 is 2.00 bits per heavy atom. The standard InChI is InChI=1S/C12H14O2/c1-10(13)12(9-14-2)8-11-6-4-3-5-7-11/h3-8H,9H2,1-2H3/b12-8+. The van der Waals surface area contributed by atoms with Crippen molar-refractivity contribution in [3.8, 4) is 0 Å². The van der Waals surface area contributed by atoms with E-state index in [0.717, 1.165) is 5.56 Å². The Hall–Kier alpha value is -1.41. The lowest BCUT2D eigenvalue weighted by atomic mass is 10.1. The smallest absolute Gasteiger partial charge is 0.158 e. The summed E-state index contributed by atoms with van der Waals surface area (Å²) in [7, 11) is 1.59. The minimum Gasteiger partial charge on any atom is -0.380 e. The predicted molar refractivity (Wildman–Crippen MR) is 57.0 cm³/mol. The molecule has 0 radical (unpaired) electrons. The summed E-state index contributed by atoms with van der Waals surface area (Å²) < 4.78 is 4.95. The average Bonchev–Trinajstić information content (AvgIpc) is 2.18. The van der Waals surface area contributed by atoms with Crippen LogP contribution in [0.5, 0.6) is 0 Å². The van der Waals surface area contributed by atoms with Crippen molar-refractivity contribution in [3.05, 3.63) is 41.5 Å². The summed E-state index contributed by atoms with van der Waals surface area (Å²) in [6.45, 7) is 1.91. The van der Waals surface area contributed by atoms with Gasteiger partial charge in [-0.05, 0) is 18.6 Å². The first kappa shape index (κ1) is 10.7. The first-order valence-corrected chi connectivity index (χ1v) is 4.49.